The van der Waals surface area contributed by atoms with Crippen LogP contribution in [0.5, 0.6) is 0 Å². The van der Waals surface area contributed by atoms with E-state index in [1.54, 1.807) is 12.7 Å². The van der Waals surface area contributed by atoms with Crippen molar-refractivity contribution in [3.8, 4) is 0 Å². The number of imidazole rings is 1. The Bertz CT molecular complexity index is 688. The van der Waals surface area contributed by atoms with Crippen molar-refractivity contribution in [3.05, 3.63) is 66.8 Å². The lowest BCUT2D eigenvalue weighted by Crippen LogP contribution is -2.24. The Hall–Kier alpha value is -2.47. The van der Waals surface area contributed by atoms with E-state index in [4.69, 9.17) is 0 Å². The molecule has 0 spiro atoms. The van der Waals surface area contributed by atoms with Crippen molar-refractivity contribution in [1.29, 1.82) is 0 Å². The first-order chi connectivity index (χ1) is 11.8. The minimum atomic E-state index is 0.317. The molecular weight excluding hydrogens is 300 g/mol. The quantitative estimate of drug-likeness (QED) is 0.615. The number of aryl methyl sites for hydroxylation is 3. The summed E-state index contributed by atoms with van der Waals surface area (Å²) in [6, 6.07) is 9.09. The summed E-state index contributed by atoms with van der Waals surface area (Å²) in [7, 11) is 0. The van der Waals surface area contributed by atoms with Crippen molar-refractivity contribution in [1.82, 2.24) is 29.6 Å². The molecule has 126 valence electrons. The maximum absolute atomic E-state index is 4.19. The summed E-state index contributed by atoms with van der Waals surface area (Å²) in [6.07, 6.45) is 11.1. The first-order valence-corrected chi connectivity index (χ1v) is 8.39. The average molecular weight is 324 g/mol. The fourth-order valence-electron chi connectivity index (χ4n) is 2.75. The summed E-state index contributed by atoms with van der Waals surface area (Å²) in [5.74, 6) is 0. The summed E-state index contributed by atoms with van der Waals surface area (Å²) in [5, 5.41) is 7.88. The van der Waals surface area contributed by atoms with Crippen LogP contribution >= 0.6 is 0 Å². The van der Waals surface area contributed by atoms with Gasteiger partial charge in [0.25, 0.3) is 0 Å². The summed E-state index contributed by atoms with van der Waals surface area (Å²) >= 11 is 0. The van der Waals surface area contributed by atoms with Gasteiger partial charge in [0.2, 0.25) is 0 Å². The number of hydrogen-bond donors (Lipinski definition) is 1. The minimum Gasteiger partial charge on any atom is -0.337 e. The lowest BCUT2D eigenvalue weighted by molar-refractivity contribution is 0.436. The van der Waals surface area contributed by atoms with Crippen molar-refractivity contribution >= 4 is 0 Å². The molecule has 2 aromatic heterocycles. The summed E-state index contributed by atoms with van der Waals surface area (Å²) in [5.41, 5.74) is 2.61. The highest BCUT2D eigenvalue weighted by atomic mass is 15.3. The van der Waals surface area contributed by atoms with Crippen molar-refractivity contribution in [2.45, 2.75) is 38.9 Å². The Morgan fingerprint density at radius 2 is 1.96 bits per heavy atom. The Balaban J connectivity index is 1.55. The van der Waals surface area contributed by atoms with Crippen LogP contribution in [0.3, 0.4) is 0 Å². The molecule has 0 aliphatic rings. The van der Waals surface area contributed by atoms with Gasteiger partial charge >= 0.3 is 0 Å². The molecule has 0 saturated heterocycles. The fourth-order valence-corrected chi connectivity index (χ4v) is 2.75. The van der Waals surface area contributed by atoms with E-state index in [0.29, 0.717) is 6.04 Å². The van der Waals surface area contributed by atoms with Crippen LogP contribution < -0.4 is 5.32 Å². The number of benzene rings is 1. The van der Waals surface area contributed by atoms with Crippen LogP contribution in [0.1, 0.15) is 30.0 Å². The van der Waals surface area contributed by atoms with E-state index in [2.05, 4.69) is 56.1 Å². The Morgan fingerprint density at radius 1 is 1.08 bits per heavy atom. The van der Waals surface area contributed by atoms with E-state index in [-0.39, 0.29) is 0 Å². The summed E-state index contributed by atoms with van der Waals surface area (Å²) in [6.45, 7) is 4.92. The molecule has 0 saturated carbocycles. The van der Waals surface area contributed by atoms with E-state index in [1.165, 1.54) is 11.1 Å². The third-order valence-corrected chi connectivity index (χ3v) is 4.14. The average Bonchev–Trinajstić information content (AvgIpc) is 3.29. The monoisotopic (exact) mass is 324 g/mol. The van der Waals surface area contributed by atoms with Crippen molar-refractivity contribution in [2.75, 3.05) is 6.54 Å². The number of aromatic nitrogens is 5. The second-order valence-electron chi connectivity index (χ2n) is 6.02. The topological polar surface area (TPSA) is 60.6 Å². The largest absolute Gasteiger partial charge is 0.337 e. The standard InChI is InChI=1S/C18H24N6/c1-16-3-5-17(6-4-16)18(7-11-24-15-20-13-22-24)21-8-2-10-23-12-9-19-14-23/h3-6,9,12-15,18,21H,2,7-8,10-11H2,1H3/t18-/m1/s1. The van der Waals surface area contributed by atoms with Gasteiger partial charge in [0, 0.05) is 31.5 Å². The smallest absolute Gasteiger partial charge is 0.137 e. The van der Waals surface area contributed by atoms with Crippen LogP contribution in [0.4, 0.5) is 0 Å². The van der Waals surface area contributed by atoms with Crippen LogP contribution in [0.2, 0.25) is 0 Å². The van der Waals surface area contributed by atoms with E-state index < -0.39 is 0 Å². The van der Waals surface area contributed by atoms with Crippen molar-refractivity contribution in [3.63, 3.8) is 0 Å². The third kappa shape index (κ3) is 4.76. The van der Waals surface area contributed by atoms with E-state index >= 15 is 0 Å². The minimum absolute atomic E-state index is 0.317. The molecule has 3 aromatic rings. The van der Waals surface area contributed by atoms with Gasteiger partial charge in [-0.1, -0.05) is 29.8 Å². The van der Waals surface area contributed by atoms with Crippen molar-refractivity contribution in [2.24, 2.45) is 0 Å². The molecule has 1 atom stereocenters. The van der Waals surface area contributed by atoms with Crippen LogP contribution in [0.25, 0.3) is 0 Å². The lowest BCUT2D eigenvalue weighted by Gasteiger charge is -2.19. The number of nitrogens with one attached hydrogen (secondary N) is 1. The Kier molecular flexibility index (Phi) is 5.74. The zero-order valence-electron chi connectivity index (χ0n) is 14.0. The Labute approximate surface area is 142 Å². The van der Waals surface area contributed by atoms with Gasteiger partial charge in [-0.15, -0.1) is 0 Å². The van der Waals surface area contributed by atoms with Gasteiger partial charge in [-0.05, 0) is 31.9 Å². The van der Waals surface area contributed by atoms with E-state index in [9.17, 15) is 0 Å². The van der Waals surface area contributed by atoms with E-state index in [1.807, 2.05) is 23.4 Å². The highest BCUT2D eigenvalue weighted by molar-refractivity contribution is 5.24. The molecule has 6 heteroatoms. The Morgan fingerprint density at radius 3 is 2.67 bits per heavy atom. The molecule has 0 fully saturated rings. The zero-order chi connectivity index (χ0) is 16.6. The van der Waals surface area contributed by atoms with E-state index in [0.717, 1.165) is 32.5 Å². The second-order valence-corrected chi connectivity index (χ2v) is 6.02. The maximum Gasteiger partial charge on any atom is 0.137 e. The molecule has 6 nitrogen and oxygen atoms in total. The zero-order valence-corrected chi connectivity index (χ0v) is 14.0. The normalized spacial score (nSPS) is 12.4. The fraction of sp³-hybridized carbons (Fsp3) is 0.389. The molecule has 0 radical (unpaired) electrons. The SMILES string of the molecule is Cc1ccc([C@@H](CCn2cncn2)NCCCn2ccnc2)cc1. The lowest BCUT2D eigenvalue weighted by atomic mass is 10.0. The first kappa shape index (κ1) is 16.4. The van der Waals surface area contributed by atoms with Crippen LogP contribution in [-0.2, 0) is 13.1 Å². The van der Waals surface area contributed by atoms with Crippen LogP contribution in [0.15, 0.2) is 55.6 Å². The second kappa shape index (κ2) is 8.40. The maximum atomic E-state index is 4.19. The van der Waals surface area contributed by atoms with Crippen LogP contribution in [-0.4, -0.2) is 30.9 Å². The molecule has 24 heavy (non-hydrogen) atoms. The van der Waals surface area contributed by atoms with Gasteiger partial charge in [-0.25, -0.2) is 9.97 Å². The van der Waals surface area contributed by atoms with Gasteiger partial charge in [0.15, 0.2) is 0 Å². The highest BCUT2D eigenvalue weighted by Gasteiger charge is 2.11. The van der Waals surface area contributed by atoms with Gasteiger partial charge in [0.1, 0.15) is 12.7 Å². The van der Waals surface area contributed by atoms with Crippen molar-refractivity contribution < 1.29 is 0 Å². The van der Waals surface area contributed by atoms with Crippen LogP contribution in [0, 0.1) is 6.92 Å². The van der Waals surface area contributed by atoms with Gasteiger partial charge in [-0.3, -0.25) is 4.68 Å². The molecule has 0 aliphatic heterocycles. The highest BCUT2D eigenvalue weighted by Crippen LogP contribution is 2.18. The molecule has 1 aromatic carbocycles. The first-order valence-electron chi connectivity index (χ1n) is 8.39. The molecule has 3 rings (SSSR count). The van der Waals surface area contributed by atoms with Gasteiger partial charge < -0.3 is 9.88 Å². The third-order valence-electron chi connectivity index (χ3n) is 4.14. The molecule has 0 unspecified atom stereocenters. The molecular formula is C18H24N6. The molecule has 0 amide bonds. The number of nitrogens with zero attached hydrogens (tertiary/aromatic N) is 5. The molecule has 0 bridgehead atoms. The predicted octanol–water partition coefficient (Wildman–Crippen LogP) is 2.59. The number of rotatable bonds is 9. The molecule has 2 heterocycles. The van der Waals surface area contributed by atoms with Gasteiger partial charge in [-0.2, -0.15) is 5.10 Å². The molecule has 0 aliphatic carbocycles. The molecule has 1 N–H and O–H groups in total. The summed E-state index contributed by atoms with van der Waals surface area (Å²) < 4.78 is 3.99. The summed E-state index contributed by atoms with van der Waals surface area (Å²) in [4.78, 5) is 8.09. The predicted molar refractivity (Wildman–Crippen MR) is 93.4 cm³/mol. The van der Waals surface area contributed by atoms with Gasteiger partial charge in [0.05, 0.1) is 6.33 Å². The number of hydrogen-bond acceptors (Lipinski definition) is 4.